The van der Waals surface area contributed by atoms with Crippen molar-refractivity contribution in [2.75, 3.05) is 19.8 Å². The second kappa shape index (κ2) is 8.15. The van der Waals surface area contributed by atoms with E-state index in [0.29, 0.717) is 13.0 Å². The number of hydrogen-bond acceptors (Lipinski definition) is 3. The predicted molar refractivity (Wildman–Crippen MR) is 86.6 cm³/mol. The summed E-state index contributed by atoms with van der Waals surface area (Å²) in [5.41, 5.74) is 3.93. The second-order valence-corrected chi connectivity index (χ2v) is 5.71. The molecule has 0 saturated carbocycles. The highest BCUT2D eigenvalue weighted by Gasteiger charge is 2.27. The molecular formula is C17H20F3N3O2. The summed E-state index contributed by atoms with van der Waals surface area (Å²) in [4.78, 5) is 11.4. The highest BCUT2D eigenvalue weighted by Crippen LogP contribution is 2.14. The molecule has 136 valence electrons. The van der Waals surface area contributed by atoms with Gasteiger partial charge in [0.2, 0.25) is 5.91 Å². The van der Waals surface area contributed by atoms with Crippen molar-refractivity contribution in [3.63, 3.8) is 0 Å². The molecule has 0 aliphatic heterocycles. The van der Waals surface area contributed by atoms with E-state index in [-0.39, 0.29) is 0 Å². The molecule has 25 heavy (non-hydrogen) atoms. The highest BCUT2D eigenvalue weighted by atomic mass is 19.4. The van der Waals surface area contributed by atoms with Crippen molar-refractivity contribution in [2.24, 2.45) is 0 Å². The van der Waals surface area contributed by atoms with Crippen molar-refractivity contribution < 1.29 is 22.7 Å². The van der Waals surface area contributed by atoms with E-state index in [1.807, 2.05) is 48.9 Å². The number of halogens is 3. The summed E-state index contributed by atoms with van der Waals surface area (Å²) < 4.78 is 41.8. The molecule has 5 nitrogen and oxygen atoms in total. The lowest BCUT2D eigenvalue weighted by atomic mass is 10.1. The topological polar surface area (TPSA) is 56.2 Å². The summed E-state index contributed by atoms with van der Waals surface area (Å²) >= 11 is 0. The monoisotopic (exact) mass is 355 g/mol. The number of benzene rings is 1. The zero-order valence-corrected chi connectivity index (χ0v) is 14.1. The first-order chi connectivity index (χ1) is 11.7. The van der Waals surface area contributed by atoms with Crippen molar-refractivity contribution >= 4 is 5.91 Å². The Kier molecular flexibility index (Phi) is 6.19. The third kappa shape index (κ3) is 6.22. The third-order valence-corrected chi connectivity index (χ3v) is 3.43. The smallest absolute Gasteiger partial charge is 0.362 e. The van der Waals surface area contributed by atoms with Crippen LogP contribution < -0.4 is 5.32 Å². The van der Waals surface area contributed by atoms with E-state index in [0.717, 1.165) is 22.6 Å². The third-order valence-electron chi connectivity index (χ3n) is 3.43. The van der Waals surface area contributed by atoms with Gasteiger partial charge in [0, 0.05) is 12.2 Å². The van der Waals surface area contributed by atoms with Gasteiger partial charge in [-0.15, -0.1) is 0 Å². The zero-order chi connectivity index (χ0) is 18.4. The molecule has 1 aromatic heterocycles. The Balaban J connectivity index is 1.76. The normalized spacial score (nSPS) is 11.6. The molecule has 1 heterocycles. The lowest BCUT2D eigenvalue weighted by Crippen LogP contribution is -2.31. The Hall–Kier alpha value is -2.35. The van der Waals surface area contributed by atoms with E-state index in [1.165, 1.54) is 0 Å². The maximum Gasteiger partial charge on any atom is 0.411 e. The van der Waals surface area contributed by atoms with Gasteiger partial charge >= 0.3 is 6.18 Å². The number of rotatable bonds is 7. The fraction of sp³-hybridized carbons (Fsp3) is 0.412. The quantitative estimate of drug-likeness (QED) is 0.831. The summed E-state index contributed by atoms with van der Waals surface area (Å²) in [5, 5.41) is 6.93. The lowest BCUT2D eigenvalue weighted by molar-refractivity contribution is -0.175. The van der Waals surface area contributed by atoms with Gasteiger partial charge in [0.05, 0.1) is 11.4 Å². The Morgan fingerprint density at radius 3 is 2.48 bits per heavy atom. The fourth-order valence-electron chi connectivity index (χ4n) is 2.35. The van der Waals surface area contributed by atoms with E-state index in [2.05, 4.69) is 15.2 Å². The van der Waals surface area contributed by atoms with Crippen LogP contribution >= 0.6 is 0 Å². The Bertz CT molecular complexity index is 709. The van der Waals surface area contributed by atoms with Gasteiger partial charge in [-0.3, -0.25) is 4.79 Å². The van der Waals surface area contributed by atoms with Crippen molar-refractivity contribution in [3.8, 4) is 5.69 Å². The van der Waals surface area contributed by atoms with E-state index in [4.69, 9.17) is 0 Å². The van der Waals surface area contributed by atoms with Crippen molar-refractivity contribution in [1.29, 1.82) is 0 Å². The maximum absolute atomic E-state index is 11.9. The first kappa shape index (κ1) is 19.0. The van der Waals surface area contributed by atoms with Gasteiger partial charge in [0.15, 0.2) is 0 Å². The molecule has 0 fully saturated rings. The standard InChI is InChI=1S/C17H20F3N3O2/c1-12-9-13(2)23(22-12)15-5-3-14(4-6-15)7-8-21-16(24)10-25-11-17(18,19)20/h3-6,9H,7-8,10-11H2,1-2H3,(H,21,24). The molecule has 2 rings (SSSR count). The molecule has 0 aliphatic rings. The molecule has 0 unspecified atom stereocenters. The first-order valence-electron chi connectivity index (χ1n) is 7.78. The largest absolute Gasteiger partial charge is 0.411 e. The molecule has 1 amide bonds. The van der Waals surface area contributed by atoms with Crippen LogP contribution in [0.15, 0.2) is 30.3 Å². The van der Waals surface area contributed by atoms with E-state index in [1.54, 1.807) is 0 Å². The van der Waals surface area contributed by atoms with Crippen LogP contribution in [0.25, 0.3) is 5.69 Å². The summed E-state index contributed by atoms with van der Waals surface area (Å²) in [6, 6.07) is 9.71. The number of nitrogens with one attached hydrogen (secondary N) is 1. The first-order valence-corrected chi connectivity index (χ1v) is 7.78. The Morgan fingerprint density at radius 2 is 1.92 bits per heavy atom. The number of aryl methyl sites for hydroxylation is 2. The van der Waals surface area contributed by atoms with E-state index < -0.39 is 25.3 Å². The summed E-state index contributed by atoms with van der Waals surface area (Å²) in [5.74, 6) is -0.566. The number of hydrogen-bond donors (Lipinski definition) is 1. The van der Waals surface area contributed by atoms with Crippen LogP contribution in [0.3, 0.4) is 0 Å². The van der Waals surface area contributed by atoms with Crippen LogP contribution in [0.1, 0.15) is 17.0 Å². The SMILES string of the molecule is Cc1cc(C)n(-c2ccc(CCNC(=O)COCC(F)(F)F)cc2)n1. The Labute approximate surface area is 143 Å². The average molecular weight is 355 g/mol. The lowest BCUT2D eigenvalue weighted by Gasteiger charge is -2.09. The van der Waals surface area contributed by atoms with Crippen LogP contribution in [0.5, 0.6) is 0 Å². The number of ether oxygens (including phenoxy) is 1. The molecule has 0 saturated heterocycles. The molecule has 0 radical (unpaired) electrons. The van der Waals surface area contributed by atoms with Gasteiger partial charge in [-0.25, -0.2) is 4.68 Å². The average Bonchev–Trinajstić information content (AvgIpc) is 2.85. The molecule has 2 aromatic rings. The molecule has 1 N–H and O–H groups in total. The molecular weight excluding hydrogens is 335 g/mol. The summed E-state index contributed by atoms with van der Waals surface area (Å²) in [6.45, 7) is 2.21. The zero-order valence-electron chi connectivity index (χ0n) is 14.1. The molecule has 0 atom stereocenters. The number of carbonyl (C=O) groups is 1. The van der Waals surface area contributed by atoms with Crippen LogP contribution in [-0.4, -0.2) is 41.6 Å². The van der Waals surface area contributed by atoms with E-state index >= 15 is 0 Å². The minimum atomic E-state index is -4.42. The van der Waals surface area contributed by atoms with Gasteiger partial charge in [-0.05, 0) is 44.0 Å². The summed E-state index contributed by atoms with van der Waals surface area (Å²) in [6.07, 6.45) is -3.85. The fourth-order valence-corrected chi connectivity index (χ4v) is 2.35. The minimum Gasteiger partial charge on any atom is -0.362 e. The van der Waals surface area contributed by atoms with Gasteiger partial charge in [0.25, 0.3) is 0 Å². The molecule has 0 spiro atoms. The van der Waals surface area contributed by atoms with Crippen LogP contribution in [0, 0.1) is 13.8 Å². The van der Waals surface area contributed by atoms with Gasteiger partial charge in [0.1, 0.15) is 13.2 Å². The van der Waals surface area contributed by atoms with Gasteiger partial charge in [-0.1, -0.05) is 12.1 Å². The second-order valence-electron chi connectivity index (χ2n) is 5.71. The molecule has 1 aromatic carbocycles. The van der Waals surface area contributed by atoms with Gasteiger partial charge in [-0.2, -0.15) is 18.3 Å². The molecule has 0 bridgehead atoms. The maximum atomic E-state index is 11.9. The van der Waals surface area contributed by atoms with Crippen molar-refractivity contribution in [2.45, 2.75) is 26.4 Å². The minimum absolute atomic E-state index is 0.327. The number of carbonyl (C=O) groups excluding carboxylic acids is 1. The van der Waals surface area contributed by atoms with Crippen LogP contribution in [0.4, 0.5) is 13.2 Å². The van der Waals surface area contributed by atoms with Crippen molar-refractivity contribution in [3.05, 3.63) is 47.3 Å². The highest BCUT2D eigenvalue weighted by molar-refractivity contribution is 5.77. The molecule has 0 aliphatic carbocycles. The molecule has 8 heteroatoms. The predicted octanol–water partition coefficient (Wildman–Crippen LogP) is 2.73. The number of alkyl halides is 3. The van der Waals surface area contributed by atoms with Crippen LogP contribution in [0.2, 0.25) is 0 Å². The van der Waals surface area contributed by atoms with Crippen LogP contribution in [-0.2, 0) is 16.0 Å². The van der Waals surface area contributed by atoms with Gasteiger partial charge < -0.3 is 10.1 Å². The number of aromatic nitrogens is 2. The van der Waals surface area contributed by atoms with Crippen molar-refractivity contribution in [1.82, 2.24) is 15.1 Å². The summed E-state index contributed by atoms with van der Waals surface area (Å²) in [7, 11) is 0. The van der Waals surface area contributed by atoms with E-state index in [9.17, 15) is 18.0 Å². The Morgan fingerprint density at radius 1 is 1.24 bits per heavy atom. The number of nitrogens with zero attached hydrogens (tertiary/aromatic N) is 2. The number of amides is 1.